The van der Waals surface area contributed by atoms with Gasteiger partial charge in [-0.25, -0.2) is 0 Å². The molecule has 0 heterocycles. The van der Waals surface area contributed by atoms with Gasteiger partial charge >= 0.3 is 0 Å². The lowest BCUT2D eigenvalue weighted by Crippen LogP contribution is -2.56. The Balaban J connectivity index is 2.45. The molecule has 2 aromatic rings. The minimum atomic E-state index is -1.06. The van der Waals surface area contributed by atoms with E-state index in [0.29, 0.717) is 0 Å². The van der Waals surface area contributed by atoms with Crippen molar-refractivity contribution in [3.63, 3.8) is 0 Å². The normalized spacial score (nSPS) is 14.4. The molecule has 7 nitrogen and oxygen atoms in total. The van der Waals surface area contributed by atoms with Gasteiger partial charge in [0.2, 0.25) is 11.7 Å². The highest BCUT2D eigenvalue weighted by Gasteiger charge is 2.40. The maximum Gasteiger partial charge on any atom is 0.289 e. The quantitative estimate of drug-likeness (QED) is 0.522. The number of ketones is 2. The summed E-state index contributed by atoms with van der Waals surface area (Å²) >= 11 is 0. The summed E-state index contributed by atoms with van der Waals surface area (Å²) in [6.45, 7) is 10.3. The molecule has 0 spiro atoms. The molecule has 34 heavy (non-hydrogen) atoms. The Morgan fingerprint density at radius 3 is 2.12 bits per heavy atom. The Labute approximate surface area is 201 Å². The second kappa shape index (κ2) is 11.4. The van der Waals surface area contributed by atoms with E-state index in [1.54, 1.807) is 34.6 Å². The number of benzene rings is 2. The largest absolute Gasteiger partial charge is 0.367 e. The molecule has 3 atom stereocenters. The molecule has 0 fully saturated rings. The second-order valence-corrected chi connectivity index (χ2v) is 9.96. The number of likely N-dealkylation sites (N-methyl/N-ethyl adjacent to an activating group) is 1. The minimum Gasteiger partial charge on any atom is -0.367 e. The van der Waals surface area contributed by atoms with E-state index < -0.39 is 41.1 Å². The topological polar surface area (TPSA) is 102 Å². The number of nitrogens with one attached hydrogen (secondary N) is 2. The van der Waals surface area contributed by atoms with Gasteiger partial charge in [-0.2, -0.15) is 0 Å². The van der Waals surface area contributed by atoms with Gasteiger partial charge in [-0.15, -0.1) is 0 Å². The number of carbonyl (C=O) groups is 4. The number of amides is 2. The lowest BCUT2D eigenvalue weighted by molar-refractivity contribution is -0.147. The van der Waals surface area contributed by atoms with E-state index in [9.17, 15) is 19.2 Å². The van der Waals surface area contributed by atoms with Crippen molar-refractivity contribution >= 4 is 34.2 Å². The Kier molecular flexibility index (Phi) is 9.10. The molecule has 2 N–H and O–H groups in total. The molecular weight excluding hydrogens is 432 g/mol. The van der Waals surface area contributed by atoms with Crippen molar-refractivity contribution in [3.05, 3.63) is 48.0 Å². The number of carbonyl (C=O) groups excluding carboxylic acids is 4. The van der Waals surface area contributed by atoms with Crippen molar-refractivity contribution < 1.29 is 23.9 Å². The molecule has 2 amide bonds. The first-order chi connectivity index (χ1) is 15.8. The molecule has 0 aromatic heterocycles. The maximum atomic E-state index is 13.6. The van der Waals surface area contributed by atoms with Gasteiger partial charge in [0.25, 0.3) is 5.91 Å². The van der Waals surface area contributed by atoms with Crippen molar-refractivity contribution in [1.29, 1.82) is 0 Å². The van der Waals surface area contributed by atoms with E-state index >= 15 is 0 Å². The molecule has 7 heteroatoms. The maximum absolute atomic E-state index is 13.6. The highest BCUT2D eigenvalue weighted by Crippen LogP contribution is 2.25. The molecule has 0 unspecified atom stereocenters. The summed E-state index contributed by atoms with van der Waals surface area (Å²) in [6.07, 6.45) is -1.05. The number of hydrogen-bond acceptors (Lipinski definition) is 5. The fourth-order valence-electron chi connectivity index (χ4n) is 3.90. The van der Waals surface area contributed by atoms with Crippen LogP contribution in [-0.4, -0.2) is 48.7 Å². The summed E-state index contributed by atoms with van der Waals surface area (Å²) in [5.41, 5.74) is 0.139. The summed E-state index contributed by atoms with van der Waals surface area (Å²) in [6, 6.07) is 12.7. The zero-order valence-electron chi connectivity index (χ0n) is 21.1. The zero-order chi connectivity index (χ0) is 25.6. The van der Waals surface area contributed by atoms with Crippen LogP contribution in [0.1, 0.15) is 47.1 Å². The summed E-state index contributed by atoms with van der Waals surface area (Å²) in [5.74, 6) is -3.20. The molecule has 2 rings (SSSR count). The Morgan fingerprint density at radius 1 is 0.971 bits per heavy atom. The fourth-order valence-corrected chi connectivity index (χ4v) is 3.90. The van der Waals surface area contributed by atoms with Crippen LogP contribution in [0.3, 0.4) is 0 Å². The predicted molar refractivity (Wildman–Crippen MR) is 132 cm³/mol. The van der Waals surface area contributed by atoms with Crippen LogP contribution >= 0.6 is 0 Å². The molecular formula is C27H36N2O5. The number of fused-ring (bicyclic) bond motifs is 1. The molecule has 0 bridgehead atoms. The predicted octanol–water partition coefficient (Wildman–Crippen LogP) is 3.23. The van der Waals surface area contributed by atoms with Crippen molar-refractivity contribution in [2.45, 2.75) is 66.2 Å². The number of rotatable bonds is 10. The summed E-state index contributed by atoms with van der Waals surface area (Å²) in [4.78, 5) is 51.0. The molecule has 0 aliphatic heterocycles. The molecule has 0 radical (unpaired) electrons. The number of hydrogen-bond donors (Lipinski definition) is 2. The van der Waals surface area contributed by atoms with Gasteiger partial charge in [-0.1, -0.05) is 63.2 Å². The third kappa shape index (κ3) is 6.97. The first-order valence-electron chi connectivity index (χ1n) is 11.5. The Hall–Kier alpha value is -3.06. The van der Waals surface area contributed by atoms with E-state index in [1.807, 2.05) is 42.5 Å². The summed E-state index contributed by atoms with van der Waals surface area (Å²) in [7, 11) is 1.37. The Morgan fingerprint density at radius 2 is 1.59 bits per heavy atom. The average molecular weight is 469 g/mol. The molecule has 0 saturated carbocycles. The van der Waals surface area contributed by atoms with Crippen molar-refractivity contribution in [2.24, 2.45) is 11.3 Å². The molecule has 0 saturated heterocycles. The van der Waals surface area contributed by atoms with Gasteiger partial charge in [-0.3, -0.25) is 19.2 Å². The van der Waals surface area contributed by atoms with Crippen LogP contribution in [0.5, 0.6) is 0 Å². The third-order valence-corrected chi connectivity index (χ3v) is 5.66. The van der Waals surface area contributed by atoms with Crippen LogP contribution in [0, 0.1) is 11.3 Å². The SMILES string of the molecule is CNC(=O)C(=O)[C@@H](NC(=O)[C@H](Cc1ccc2ccccc2c1)[C@H](OC(C)C)C(C)=O)C(C)(C)C. The molecule has 2 aromatic carbocycles. The van der Waals surface area contributed by atoms with Crippen molar-refractivity contribution in [1.82, 2.24) is 10.6 Å². The Bertz CT molecular complexity index is 1050. The average Bonchev–Trinajstić information content (AvgIpc) is 2.77. The second-order valence-electron chi connectivity index (χ2n) is 9.96. The van der Waals surface area contributed by atoms with E-state index in [0.717, 1.165) is 16.3 Å². The fraction of sp³-hybridized carbons (Fsp3) is 0.481. The van der Waals surface area contributed by atoms with Crippen LogP contribution < -0.4 is 10.6 Å². The standard InChI is InChI=1S/C27H36N2O5/c1-16(2)34-23(17(3)30)21(15-18-12-13-19-10-8-9-11-20(19)14-18)25(32)29-24(27(4,5)6)22(31)26(33)28-7/h8-14,16,21,23-24H,15H2,1-7H3,(H,28,33)(H,29,32)/t21-,23-,24-/m1/s1. The van der Waals surface area contributed by atoms with Gasteiger partial charge < -0.3 is 15.4 Å². The number of Topliss-reactive ketones (excluding diaryl/α,β-unsaturated/α-hetero) is 2. The summed E-state index contributed by atoms with van der Waals surface area (Å²) < 4.78 is 5.88. The highest BCUT2D eigenvalue weighted by atomic mass is 16.5. The molecule has 0 aliphatic carbocycles. The monoisotopic (exact) mass is 468 g/mol. The highest BCUT2D eigenvalue weighted by molar-refractivity contribution is 6.38. The van der Waals surface area contributed by atoms with E-state index in [4.69, 9.17) is 4.74 Å². The smallest absolute Gasteiger partial charge is 0.289 e. The van der Waals surface area contributed by atoms with Crippen molar-refractivity contribution in [3.8, 4) is 0 Å². The van der Waals surface area contributed by atoms with Crippen molar-refractivity contribution in [2.75, 3.05) is 7.05 Å². The van der Waals surface area contributed by atoms with Crippen LogP contribution in [0.2, 0.25) is 0 Å². The summed E-state index contributed by atoms with van der Waals surface area (Å²) in [5, 5.41) is 7.17. The van der Waals surface area contributed by atoms with Crippen LogP contribution in [0.4, 0.5) is 0 Å². The third-order valence-electron chi connectivity index (χ3n) is 5.66. The minimum absolute atomic E-state index is 0.235. The van der Waals surface area contributed by atoms with Gasteiger partial charge in [0.05, 0.1) is 12.0 Å². The first-order valence-corrected chi connectivity index (χ1v) is 11.5. The van der Waals surface area contributed by atoms with Gasteiger partial charge in [-0.05, 0) is 48.9 Å². The van der Waals surface area contributed by atoms with Gasteiger partial charge in [0.1, 0.15) is 12.1 Å². The lowest BCUT2D eigenvalue weighted by atomic mass is 9.82. The van der Waals surface area contributed by atoms with Crippen LogP contribution in [0.25, 0.3) is 10.8 Å². The zero-order valence-corrected chi connectivity index (χ0v) is 21.1. The van der Waals surface area contributed by atoms with Gasteiger partial charge in [0, 0.05) is 7.05 Å². The van der Waals surface area contributed by atoms with Crippen LogP contribution in [-0.2, 0) is 30.3 Å². The van der Waals surface area contributed by atoms with E-state index in [2.05, 4.69) is 10.6 Å². The first kappa shape index (κ1) is 27.2. The van der Waals surface area contributed by atoms with E-state index in [-0.39, 0.29) is 18.3 Å². The molecule has 0 aliphatic rings. The molecule has 184 valence electrons. The van der Waals surface area contributed by atoms with Gasteiger partial charge in [0.15, 0.2) is 5.78 Å². The lowest BCUT2D eigenvalue weighted by Gasteiger charge is -2.33. The number of ether oxygens (including phenoxy) is 1. The van der Waals surface area contributed by atoms with Crippen LogP contribution in [0.15, 0.2) is 42.5 Å². The van der Waals surface area contributed by atoms with E-state index in [1.165, 1.54) is 14.0 Å².